The molecule has 2 aliphatic heterocycles. The average Bonchev–Trinajstić information content (AvgIpc) is 2.53. The fourth-order valence-electron chi connectivity index (χ4n) is 2.95. The van der Waals surface area contributed by atoms with Crippen LogP contribution in [0, 0.1) is 0 Å². The second kappa shape index (κ2) is 5.93. The molecule has 5 nitrogen and oxygen atoms in total. The van der Waals surface area contributed by atoms with Crippen LogP contribution in [0.4, 0.5) is 11.4 Å². The Bertz CT molecular complexity index is 535. The fraction of sp³-hybridized carbons (Fsp3) is 0.562. The van der Waals surface area contributed by atoms with E-state index < -0.39 is 0 Å². The molecule has 1 saturated heterocycles. The van der Waals surface area contributed by atoms with Crippen molar-refractivity contribution in [3.63, 3.8) is 0 Å². The molecule has 1 atom stereocenters. The number of benzene rings is 1. The number of aliphatic imine (C=N–C) groups is 1. The van der Waals surface area contributed by atoms with Gasteiger partial charge in [-0.25, -0.2) is 4.99 Å². The molecule has 1 aromatic carbocycles. The molecule has 3 rings (SSSR count). The Morgan fingerprint density at radius 1 is 1.24 bits per heavy atom. The van der Waals surface area contributed by atoms with E-state index >= 15 is 0 Å². The first-order valence-corrected chi connectivity index (χ1v) is 7.83. The molecule has 1 unspecified atom stereocenters. The summed E-state index contributed by atoms with van der Waals surface area (Å²) >= 11 is 0. The normalized spacial score (nSPS) is 22.5. The minimum absolute atomic E-state index is 0.0347. The zero-order chi connectivity index (χ0) is 14.8. The van der Waals surface area contributed by atoms with Crippen molar-refractivity contribution in [1.29, 1.82) is 0 Å². The largest absolute Gasteiger partial charge is 0.480 e. The number of fused-ring (bicyclic) bond motifs is 1. The molecule has 0 spiro atoms. The standard InChI is InChI=1S/C16H24N4O/c1-3-14-16(20-9-7-19(4-2)8-10-20)18-13-6-5-12(17)11-15(13)21-14/h5-6,11,14H,3-4,7-10,17H2,1-2H3. The Balaban J connectivity index is 1.84. The maximum atomic E-state index is 6.11. The van der Waals surface area contributed by atoms with Crippen molar-refractivity contribution in [3.05, 3.63) is 18.2 Å². The number of anilines is 1. The third-order valence-electron chi connectivity index (χ3n) is 4.29. The van der Waals surface area contributed by atoms with Gasteiger partial charge in [-0.15, -0.1) is 0 Å². The van der Waals surface area contributed by atoms with E-state index in [4.69, 9.17) is 15.5 Å². The molecule has 2 heterocycles. The number of nitrogens with zero attached hydrogens (tertiary/aromatic N) is 3. The summed E-state index contributed by atoms with van der Waals surface area (Å²) in [6.45, 7) is 9.72. The van der Waals surface area contributed by atoms with E-state index in [1.165, 1.54) is 0 Å². The van der Waals surface area contributed by atoms with Crippen LogP contribution in [-0.4, -0.2) is 54.5 Å². The third kappa shape index (κ3) is 2.83. The Labute approximate surface area is 126 Å². The molecule has 0 aromatic heterocycles. The summed E-state index contributed by atoms with van der Waals surface area (Å²) in [6.07, 6.45) is 0.952. The van der Waals surface area contributed by atoms with Gasteiger partial charge in [0.05, 0.1) is 0 Å². The van der Waals surface area contributed by atoms with Crippen LogP contribution in [0.3, 0.4) is 0 Å². The number of amidine groups is 1. The highest BCUT2D eigenvalue weighted by Crippen LogP contribution is 2.35. The van der Waals surface area contributed by atoms with Crippen molar-refractivity contribution in [1.82, 2.24) is 9.80 Å². The van der Waals surface area contributed by atoms with Gasteiger partial charge in [-0.1, -0.05) is 13.8 Å². The van der Waals surface area contributed by atoms with Crippen LogP contribution in [0.2, 0.25) is 0 Å². The van der Waals surface area contributed by atoms with E-state index in [1.54, 1.807) is 0 Å². The third-order valence-corrected chi connectivity index (χ3v) is 4.29. The maximum Gasteiger partial charge on any atom is 0.156 e. The number of hydrogen-bond donors (Lipinski definition) is 1. The predicted molar refractivity (Wildman–Crippen MR) is 86.3 cm³/mol. The summed E-state index contributed by atoms with van der Waals surface area (Å²) in [5.41, 5.74) is 7.44. The topological polar surface area (TPSA) is 54.1 Å². The average molecular weight is 288 g/mol. The van der Waals surface area contributed by atoms with Gasteiger partial charge in [-0.2, -0.15) is 0 Å². The van der Waals surface area contributed by atoms with Gasteiger partial charge in [-0.05, 0) is 25.1 Å². The Morgan fingerprint density at radius 2 is 2.00 bits per heavy atom. The number of ether oxygens (including phenoxy) is 1. The molecule has 0 bridgehead atoms. The van der Waals surface area contributed by atoms with Crippen molar-refractivity contribution in [3.8, 4) is 5.75 Å². The minimum atomic E-state index is 0.0347. The SMILES string of the molecule is CCC1Oc2cc(N)ccc2N=C1N1CCN(CC)CC1. The molecule has 0 aliphatic carbocycles. The first-order valence-electron chi connectivity index (χ1n) is 7.83. The molecular formula is C16H24N4O. The van der Waals surface area contributed by atoms with Crippen LogP contribution < -0.4 is 10.5 Å². The molecule has 5 heteroatoms. The van der Waals surface area contributed by atoms with Gasteiger partial charge in [0.25, 0.3) is 0 Å². The van der Waals surface area contributed by atoms with Gasteiger partial charge >= 0.3 is 0 Å². The molecule has 114 valence electrons. The summed E-state index contributed by atoms with van der Waals surface area (Å²) in [7, 11) is 0. The summed E-state index contributed by atoms with van der Waals surface area (Å²) in [5.74, 6) is 1.88. The van der Waals surface area contributed by atoms with Crippen molar-refractivity contribution < 1.29 is 4.74 Å². The minimum Gasteiger partial charge on any atom is -0.480 e. The lowest BCUT2D eigenvalue weighted by Gasteiger charge is -2.39. The lowest BCUT2D eigenvalue weighted by molar-refractivity contribution is 0.168. The van der Waals surface area contributed by atoms with E-state index in [9.17, 15) is 0 Å². The highest BCUT2D eigenvalue weighted by Gasteiger charge is 2.29. The highest BCUT2D eigenvalue weighted by atomic mass is 16.5. The zero-order valence-electron chi connectivity index (χ0n) is 12.9. The van der Waals surface area contributed by atoms with Gasteiger partial charge in [0.2, 0.25) is 0 Å². The van der Waals surface area contributed by atoms with Gasteiger partial charge in [0.15, 0.2) is 6.10 Å². The number of hydrogen-bond acceptors (Lipinski definition) is 5. The van der Waals surface area contributed by atoms with Crippen molar-refractivity contribution >= 4 is 17.2 Å². The van der Waals surface area contributed by atoms with Crippen LogP contribution in [-0.2, 0) is 0 Å². The zero-order valence-corrected chi connectivity index (χ0v) is 12.9. The number of nitrogen functional groups attached to an aromatic ring is 1. The first-order chi connectivity index (χ1) is 10.2. The Morgan fingerprint density at radius 3 is 2.67 bits per heavy atom. The van der Waals surface area contributed by atoms with E-state index in [0.29, 0.717) is 0 Å². The van der Waals surface area contributed by atoms with E-state index in [0.717, 1.165) is 62.1 Å². The van der Waals surface area contributed by atoms with Crippen LogP contribution in [0.15, 0.2) is 23.2 Å². The second-order valence-corrected chi connectivity index (χ2v) is 5.63. The lowest BCUT2D eigenvalue weighted by Crippen LogP contribution is -2.52. The predicted octanol–water partition coefficient (Wildman–Crippen LogP) is 2.11. The van der Waals surface area contributed by atoms with Crippen molar-refractivity contribution in [2.24, 2.45) is 4.99 Å². The molecule has 2 N–H and O–H groups in total. The summed E-state index contributed by atoms with van der Waals surface area (Å²) in [4.78, 5) is 9.70. The first kappa shape index (κ1) is 14.2. The Hall–Kier alpha value is -1.75. The van der Waals surface area contributed by atoms with Crippen LogP contribution >= 0.6 is 0 Å². The van der Waals surface area contributed by atoms with Crippen LogP contribution in [0.1, 0.15) is 20.3 Å². The highest BCUT2D eigenvalue weighted by molar-refractivity contribution is 5.92. The van der Waals surface area contributed by atoms with E-state index in [1.807, 2.05) is 18.2 Å². The summed E-state index contributed by atoms with van der Waals surface area (Å²) in [5, 5.41) is 0. The summed E-state index contributed by atoms with van der Waals surface area (Å²) in [6, 6.07) is 5.69. The molecular weight excluding hydrogens is 264 g/mol. The molecule has 21 heavy (non-hydrogen) atoms. The van der Waals surface area contributed by atoms with Gasteiger partial charge in [0, 0.05) is 37.9 Å². The van der Waals surface area contributed by atoms with Crippen molar-refractivity contribution in [2.75, 3.05) is 38.5 Å². The Kier molecular flexibility index (Phi) is 4.01. The summed E-state index contributed by atoms with van der Waals surface area (Å²) < 4.78 is 6.11. The smallest absolute Gasteiger partial charge is 0.156 e. The van der Waals surface area contributed by atoms with E-state index in [2.05, 4.69) is 23.6 Å². The second-order valence-electron chi connectivity index (χ2n) is 5.63. The molecule has 0 amide bonds. The van der Waals surface area contributed by atoms with Gasteiger partial charge in [-0.3, -0.25) is 0 Å². The molecule has 2 aliphatic rings. The number of likely N-dealkylation sites (N-methyl/N-ethyl adjacent to an activating group) is 1. The lowest BCUT2D eigenvalue weighted by atomic mass is 10.1. The van der Waals surface area contributed by atoms with Crippen LogP contribution in [0.5, 0.6) is 5.75 Å². The number of nitrogens with two attached hydrogens (primary N) is 1. The maximum absolute atomic E-state index is 6.11. The fourth-order valence-corrected chi connectivity index (χ4v) is 2.95. The molecule has 0 saturated carbocycles. The van der Waals surface area contributed by atoms with Crippen molar-refractivity contribution in [2.45, 2.75) is 26.4 Å². The number of rotatable bonds is 2. The monoisotopic (exact) mass is 288 g/mol. The van der Waals surface area contributed by atoms with Gasteiger partial charge in [0.1, 0.15) is 17.3 Å². The van der Waals surface area contributed by atoms with Crippen LogP contribution in [0.25, 0.3) is 0 Å². The molecule has 1 aromatic rings. The van der Waals surface area contributed by atoms with E-state index in [-0.39, 0.29) is 6.10 Å². The number of piperazine rings is 1. The quantitative estimate of drug-likeness (QED) is 0.847. The molecule has 1 fully saturated rings. The van der Waals surface area contributed by atoms with Gasteiger partial charge < -0.3 is 20.3 Å². The molecule has 0 radical (unpaired) electrons.